The number of aromatic nitrogens is 1. The number of nitrogens with one attached hydrogen (secondary N) is 2. The zero-order chi connectivity index (χ0) is 14.5. The highest BCUT2D eigenvalue weighted by Gasteiger charge is 2.30. The summed E-state index contributed by atoms with van der Waals surface area (Å²) in [4.78, 5) is 14.7. The van der Waals surface area contributed by atoms with Crippen molar-refractivity contribution in [3.8, 4) is 0 Å². The normalized spacial score (nSPS) is 10.7. The molecule has 5 nitrogen and oxygen atoms in total. The van der Waals surface area contributed by atoms with Crippen LogP contribution in [0.15, 0.2) is 18.3 Å². The number of alkyl halides is 3. The summed E-state index contributed by atoms with van der Waals surface area (Å²) >= 11 is 4.72. The number of pyridine rings is 1. The smallest absolute Gasteiger partial charge is 0.416 e. The molecule has 1 amide bonds. The number of rotatable bonds is 2. The number of halogens is 3. The maximum absolute atomic E-state index is 12.4. The van der Waals surface area contributed by atoms with Crippen molar-refractivity contribution in [1.82, 2.24) is 10.3 Å². The number of carbonyl (C=O) groups is 1. The third-order valence-corrected chi connectivity index (χ3v) is 2.02. The third-order valence-electron chi connectivity index (χ3n) is 1.82. The van der Waals surface area contributed by atoms with E-state index in [-0.39, 0.29) is 17.5 Å². The lowest BCUT2D eigenvalue weighted by Crippen LogP contribution is -2.34. The molecule has 0 saturated carbocycles. The van der Waals surface area contributed by atoms with Crippen LogP contribution in [0.5, 0.6) is 0 Å². The minimum Gasteiger partial charge on any atom is -0.450 e. The van der Waals surface area contributed by atoms with Gasteiger partial charge >= 0.3 is 12.3 Å². The fourth-order valence-electron chi connectivity index (χ4n) is 1.08. The van der Waals surface area contributed by atoms with E-state index in [9.17, 15) is 18.0 Å². The van der Waals surface area contributed by atoms with Crippen molar-refractivity contribution in [1.29, 1.82) is 0 Å². The van der Waals surface area contributed by atoms with E-state index in [1.54, 1.807) is 6.92 Å². The predicted octanol–water partition coefficient (Wildman–Crippen LogP) is 2.54. The Morgan fingerprint density at radius 2 is 2.21 bits per heavy atom. The molecule has 19 heavy (non-hydrogen) atoms. The summed E-state index contributed by atoms with van der Waals surface area (Å²) in [7, 11) is 0. The van der Waals surface area contributed by atoms with Crippen LogP contribution in [0.25, 0.3) is 0 Å². The van der Waals surface area contributed by atoms with E-state index in [1.165, 1.54) is 0 Å². The molecule has 0 aliphatic rings. The molecule has 0 aliphatic carbocycles. The van der Waals surface area contributed by atoms with Gasteiger partial charge in [0.2, 0.25) is 0 Å². The fourth-order valence-corrected chi connectivity index (χ4v) is 1.27. The van der Waals surface area contributed by atoms with Gasteiger partial charge in [0.25, 0.3) is 0 Å². The molecule has 104 valence electrons. The molecular weight excluding hydrogens is 283 g/mol. The first-order valence-electron chi connectivity index (χ1n) is 5.11. The van der Waals surface area contributed by atoms with E-state index in [2.05, 4.69) is 20.4 Å². The Labute approximate surface area is 112 Å². The largest absolute Gasteiger partial charge is 0.450 e. The number of nitrogens with zero attached hydrogens (tertiary/aromatic N) is 1. The van der Waals surface area contributed by atoms with Crippen LogP contribution in [0.4, 0.5) is 23.8 Å². The van der Waals surface area contributed by atoms with E-state index in [4.69, 9.17) is 12.2 Å². The minimum absolute atomic E-state index is 0.128. The average Bonchev–Trinajstić information content (AvgIpc) is 2.28. The molecule has 1 heterocycles. The molecule has 2 N–H and O–H groups in total. The van der Waals surface area contributed by atoms with Gasteiger partial charge in [0.1, 0.15) is 5.82 Å². The van der Waals surface area contributed by atoms with Gasteiger partial charge in [-0.25, -0.2) is 9.78 Å². The van der Waals surface area contributed by atoms with Gasteiger partial charge in [-0.05, 0) is 31.3 Å². The molecule has 1 rings (SSSR count). The van der Waals surface area contributed by atoms with Crippen molar-refractivity contribution in [3.63, 3.8) is 0 Å². The number of amides is 1. The summed E-state index contributed by atoms with van der Waals surface area (Å²) in [5.74, 6) is -0.128. The van der Waals surface area contributed by atoms with Crippen LogP contribution >= 0.6 is 12.2 Å². The van der Waals surface area contributed by atoms with Crippen molar-refractivity contribution in [2.75, 3.05) is 11.9 Å². The van der Waals surface area contributed by atoms with Gasteiger partial charge in [-0.15, -0.1) is 0 Å². The van der Waals surface area contributed by atoms with E-state index in [0.717, 1.165) is 18.3 Å². The number of hydrogen-bond donors (Lipinski definition) is 2. The summed E-state index contributed by atoms with van der Waals surface area (Å²) in [6.07, 6.45) is -4.29. The number of thiocarbonyl (C=S) groups is 1. The Bertz CT molecular complexity index is 479. The van der Waals surface area contributed by atoms with Crippen LogP contribution in [-0.2, 0) is 10.9 Å². The molecular formula is C10H10F3N3O2S. The average molecular weight is 293 g/mol. The van der Waals surface area contributed by atoms with E-state index < -0.39 is 17.8 Å². The summed E-state index contributed by atoms with van der Waals surface area (Å²) < 4.78 is 41.9. The molecule has 9 heteroatoms. The maximum Gasteiger partial charge on any atom is 0.416 e. The Morgan fingerprint density at radius 1 is 1.53 bits per heavy atom. The minimum atomic E-state index is -4.48. The summed E-state index contributed by atoms with van der Waals surface area (Å²) in [5, 5.41) is 4.27. The fraction of sp³-hybridized carbons (Fsp3) is 0.300. The molecule has 0 unspecified atom stereocenters. The second-order valence-electron chi connectivity index (χ2n) is 3.23. The zero-order valence-corrected chi connectivity index (χ0v) is 10.6. The van der Waals surface area contributed by atoms with E-state index >= 15 is 0 Å². The van der Waals surface area contributed by atoms with Crippen molar-refractivity contribution in [2.24, 2.45) is 0 Å². The summed E-state index contributed by atoms with van der Waals surface area (Å²) in [5.41, 5.74) is -0.871. The first-order valence-corrected chi connectivity index (χ1v) is 5.51. The van der Waals surface area contributed by atoms with Crippen molar-refractivity contribution in [3.05, 3.63) is 23.9 Å². The zero-order valence-electron chi connectivity index (χ0n) is 9.75. The van der Waals surface area contributed by atoms with Crippen LogP contribution in [0, 0.1) is 0 Å². The van der Waals surface area contributed by atoms with Gasteiger partial charge < -0.3 is 10.1 Å². The van der Waals surface area contributed by atoms with Crippen LogP contribution in [-0.4, -0.2) is 22.8 Å². The topological polar surface area (TPSA) is 63.2 Å². The Morgan fingerprint density at radius 3 is 2.79 bits per heavy atom. The molecule has 0 spiro atoms. The number of anilines is 1. The lowest BCUT2D eigenvalue weighted by Gasteiger charge is -2.11. The van der Waals surface area contributed by atoms with Crippen molar-refractivity contribution < 1.29 is 22.7 Å². The van der Waals surface area contributed by atoms with Gasteiger partial charge in [-0.1, -0.05) is 0 Å². The van der Waals surface area contributed by atoms with Crippen LogP contribution in [0.3, 0.4) is 0 Å². The van der Waals surface area contributed by atoms with Gasteiger partial charge in [0, 0.05) is 6.20 Å². The molecule has 0 bridgehead atoms. The Kier molecular flexibility index (Phi) is 5.04. The molecule has 0 aromatic carbocycles. The van der Waals surface area contributed by atoms with Gasteiger partial charge in [-0.2, -0.15) is 13.2 Å². The molecule has 0 aliphatic heterocycles. The van der Waals surface area contributed by atoms with Crippen LogP contribution in [0.2, 0.25) is 0 Å². The molecule has 1 aromatic rings. The summed E-state index contributed by atoms with van der Waals surface area (Å²) in [6.45, 7) is 1.75. The maximum atomic E-state index is 12.4. The molecule has 0 saturated heterocycles. The van der Waals surface area contributed by atoms with E-state index in [0.29, 0.717) is 0 Å². The summed E-state index contributed by atoms with van der Waals surface area (Å²) in [6, 6.07) is 1.60. The van der Waals surface area contributed by atoms with E-state index in [1.807, 2.05) is 0 Å². The Balaban J connectivity index is 2.67. The number of alkyl carbamates (subject to hydrolysis) is 1. The predicted molar refractivity (Wildman–Crippen MR) is 65.6 cm³/mol. The standard InChI is InChI=1S/C10H10F3N3O2S/c1-2-18-9(17)16-8(19)15-7-5-6(3-4-14-7)10(11,12)13/h3-5H,2H2,1H3,(H2,14,15,16,17,19). The molecule has 1 aromatic heterocycles. The van der Waals surface area contributed by atoms with Crippen molar-refractivity contribution >= 4 is 29.2 Å². The lowest BCUT2D eigenvalue weighted by molar-refractivity contribution is -0.137. The molecule has 0 fully saturated rings. The van der Waals surface area contributed by atoms with Gasteiger partial charge in [0.05, 0.1) is 12.2 Å². The first-order chi connectivity index (χ1) is 8.82. The quantitative estimate of drug-likeness (QED) is 0.820. The number of carbonyl (C=O) groups excluding carboxylic acids is 1. The number of ether oxygens (including phenoxy) is 1. The number of hydrogen-bond acceptors (Lipinski definition) is 4. The second kappa shape index (κ2) is 6.32. The second-order valence-corrected chi connectivity index (χ2v) is 3.64. The third kappa shape index (κ3) is 5.08. The van der Waals surface area contributed by atoms with Crippen LogP contribution < -0.4 is 10.6 Å². The Hall–Kier alpha value is -1.90. The highest BCUT2D eigenvalue weighted by molar-refractivity contribution is 7.80. The highest BCUT2D eigenvalue weighted by atomic mass is 32.1. The lowest BCUT2D eigenvalue weighted by atomic mass is 10.2. The van der Waals surface area contributed by atoms with Crippen molar-refractivity contribution in [2.45, 2.75) is 13.1 Å². The van der Waals surface area contributed by atoms with Crippen LogP contribution in [0.1, 0.15) is 12.5 Å². The SMILES string of the molecule is CCOC(=O)NC(=S)Nc1cc(C(F)(F)F)ccn1. The van der Waals surface area contributed by atoms with Gasteiger partial charge in [-0.3, -0.25) is 5.32 Å². The monoisotopic (exact) mass is 293 g/mol. The first kappa shape index (κ1) is 15.2. The van der Waals surface area contributed by atoms with Gasteiger partial charge in [0.15, 0.2) is 5.11 Å². The molecule has 0 radical (unpaired) electrons. The molecule has 0 atom stereocenters. The highest BCUT2D eigenvalue weighted by Crippen LogP contribution is 2.29.